The number of ether oxygens (including phenoxy) is 1. The highest BCUT2D eigenvalue weighted by atomic mass is 35.5. The molecule has 0 saturated carbocycles. The van der Waals surface area contributed by atoms with E-state index in [1.54, 1.807) is 31.5 Å². The Morgan fingerprint density at radius 1 is 1.43 bits per heavy atom. The van der Waals surface area contributed by atoms with E-state index in [1.807, 2.05) is 12.1 Å². The lowest BCUT2D eigenvalue weighted by molar-refractivity contribution is 0.318. The van der Waals surface area contributed by atoms with Crippen molar-refractivity contribution >= 4 is 23.1 Å². The smallest absolute Gasteiger partial charge is 0.188 e. The largest absolute Gasteiger partial charge is 0.497 e. The summed E-state index contributed by atoms with van der Waals surface area (Å²) in [5.41, 5.74) is 7.61. The summed E-state index contributed by atoms with van der Waals surface area (Å²) in [7, 11) is 1.60. The van der Waals surface area contributed by atoms with Crippen molar-refractivity contribution in [2.24, 2.45) is 10.9 Å². The monoisotopic (exact) mass is 306 g/mol. The van der Waals surface area contributed by atoms with Gasteiger partial charge < -0.3 is 21.0 Å². The topological polar surface area (TPSA) is 92.8 Å². The van der Waals surface area contributed by atoms with E-state index in [9.17, 15) is 0 Å². The Kier molecular flexibility index (Phi) is 4.84. The first-order valence-electron chi connectivity index (χ1n) is 6.14. The molecule has 1 heterocycles. The SMILES string of the molecule is COc1ccc(Cl)c(NCc2ccnc(C(N)=NO)c2)c1. The summed E-state index contributed by atoms with van der Waals surface area (Å²) in [5, 5.41) is 15.4. The Morgan fingerprint density at radius 2 is 2.24 bits per heavy atom. The van der Waals surface area contributed by atoms with E-state index in [0.29, 0.717) is 23.0 Å². The Labute approximate surface area is 127 Å². The molecule has 0 aliphatic heterocycles. The fraction of sp³-hybridized carbons (Fsp3) is 0.143. The van der Waals surface area contributed by atoms with Crippen LogP contribution in [-0.2, 0) is 6.54 Å². The first kappa shape index (κ1) is 14.9. The van der Waals surface area contributed by atoms with Gasteiger partial charge in [0, 0.05) is 18.8 Å². The van der Waals surface area contributed by atoms with Crippen LogP contribution in [0.15, 0.2) is 41.7 Å². The van der Waals surface area contributed by atoms with E-state index in [2.05, 4.69) is 15.5 Å². The minimum atomic E-state index is -0.0312. The molecule has 110 valence electrons. The predicted octanol–water partition coefficient (Wildman–Crippen LogP) is 2.45. The summed E-state index contributed by atoms with van der Waals surface area (Å²) < 4.78 is 5.16. The number of anilines is 1. The van der Waals surface area contributed by atoms with Gasteiger partial charge in [0.25, 0.3) is 0 Å². The van der Waals surface area contributed by atoms with Gasteiger partial charge in [0.05, 0.1) is 17.8 Å². The fourth-order valence-electron chi connectivity index (χ4n) is 1.74. The van der Waals surface area contributed by atoms with Crippen molar-refractivity contribution in [3.63, 3.8) is 0 Å². The van der Waals surface area contributed by atoms with Gasteiger partial charge in [-0.05, 0) is 29.8 Å². The first-order chi connectivity index (χ1) is 10.1. The van der Waals surface area contributed by atoms with Gasteiger partial charge in [-0.2, -0.15) is 0 Å². The van der Waals surface area contributed by atoms with Gasteiger partial charge in [-0.1, -0.05) is 16.8 Å². The second-order valence-electron chi connectivity index (χ2n) is 4.23. The molecule has 0 amide bonds. The Balaban J connectivity index is 2.13. The second-order valence-corrected chi connectivity index (χ2v) is 4.64. The molecule has 0 saturated heterocycles. The molecule has 0 unspecified atom stereocenters. The van der Waals surface area contributed by atoms with Crippen LogP contribution in [0, 0.1) is 0 Å². The molecule has 0 atom stereocenters. The minimum absolute atomic E-state index is 0.0312. The zero-order valence-electron chi connectivity index (χ0n) is 11.4. The van der Waals surface area contributed by atoms with Crippen molar-refractivity contribution in [1.29, 1.82) is 0 Å². The number of nitrogens with one attached hydrogen (secondary N) is 1. The zero-order chi connectivity index (χ0) is 15.2. The lowest BCUT2D eigenvalue weighted by atomic mass is 10.2. The molecule has 0 radical (unpaired) electrons. The fourth-order valence-corrected chi connectivity index (χ4v) is 1.92. The first-order valence-corrected chi connectivity index (χ1v) is 6.52. The van der Waals surface area contributed by atoms with Gasteiger partial charge in [0.15, 0.2) is 5.84 Å². The molecule has 7 heteroatoms. The summed E-state index contributed by atoms with van der Waals surface area (Å²) >= 11 is 6.12. The third-order valence-corrected chi connectivity index (χ3v) is 3.18. The number of nitrogens with zero attached hydrogens (tertiary/aromatic N) is 2. The number of benzene rings is 1. The highest BCUT2D eigenvalue weighted by molar-refractivity contribution is 6.33. The molecule has 4 N–H and O–H groups in total. The molecule has 2 aromatic rings. The van der Waals surface area contributed by atoms with Gasteiger partial charge in [-0.25, -0.2) is 0 Å². The van der Waals surface area contributed by atoms with Crippen LogP contribution in [0.4, 0.5) is 5.69 Å². The average molecular weight is 307 g/mol. The second kappa shape index (κ2) is 6.81. The van der Waals surface area contributed by atoms with E-state index >= 15 is 0 Å². The van der Waals surface area contributed by atoms with Gasteiger partial charge >= 0.3 is 0 Å². The molecule has 21 heavy (non-hydrogen) atoms. The summed E-state index contributed by atoms with van der Waals surface area (Å²) in [6, 6.07) is 8.92. The van der Waals surface area contributed by atoms with Crippen LogP contribution in [0.3, 0.4) is 0 Å². The Bertz CT molecular complexity index is 661. The van der Waals surface area contributed by atoms with Crippen molar-refractivity contribution in [2.75, 3.05) is 12.4 Å². The molecule has 6 nitrogen and oxygen atoms in total. The molecule has 0 fully saturated rings. The van der Waals surface area contributed by atoms with Gasteiger partial charge in [-0.3, -0.25) is 4.98 Å². The molecule has 0 aliphatic rings. The summed E-state index contributed by atoms with van der Waals surface area (Å²) in [5.74, 6) is 0.685. The molecule has 0 bridgehead atoms. The molecular formula is C14H15ClN4O2. The van der Waals surface area contributed by atoms with Crippen LogP contribution >= 0.6 is 11.6 Å². The summed E-state index contributed by atoms with van der Waals surface area (Å²) in [6.45, 7) is 0.515. The normalized spacial score (nSPS) is 11.2. The maximum atomic E-state index is 8.66. The molecule has 0 aliphatic carbocycles. The number of hydrogen-bond acceptors (Lipinski definition) is 5. The third-order valence-electron chi connectivity index (χ3n) is 2.85. The predicted molar refractivity (Wildman–Crippen MR) is 82.1 cm³/mol. The number of methoxy groups -OCH3 is 1. The maximum Gasteiger partial charge on any atom is 0.188 e. The number of halogens is 1. The average Bonchev–Trinajstić information content (AvgIpc) is 2.53. The van der Waals surface area contributed by atoms with Gasteiger partial charge in [0.2, 0.25) is 0 Å². The van der Waals surface area contributed by atoms with E-state index in [-0.39, 0.29) is 5.84 Å². The van der Waals surface area contributed by atoms with Crippen LogP contribution in [0.2, 0.25) is 5.02 Å². The number of oxime groups is 1. The Hall–Kier alpha value is -2.47. The van der Waals surface area contributed by atoms with Crippen LogP contribution < -0.4 is 15.8 Å². The van der Waals surface area contributed by atoms with Crippen LogP contribution in [0.25, 0.3) is 0 Å². The van der Waals surface area contributed by atoms with Crippen molar-refractivity contribution < 1.29 is 9.94 Å². The molecule has 1 aromatic carbocycles. The highest BCUT2D eigenvalue weighted by Gasteiger charge is 2.05. The van der Waals surface area contributed by atoms with Crippen molar-refractivity contribution in [2.45, 2.75) is 6.54 Å². The molecule has 0 spiro atoms. The third kappa shape index (κ3) is 3.76. The van der Waals surface area contributed by atoms with E-state index in [0.717, 1.165) is 11.3 Å². The quantitative estimate of drug-likeness (QED) is 0.341. The number of hydrogen-bond donors (Lipinski definition) is 3. The molecule has 2 rings (SSSR count). The number of pyridine rings is 1. The van der Waals surface area contributed by atoms with Crippen molar-refractivity contribution in [3.05, 3.63) is 52.8 Å². The van der Waals surface area contributed by atoms with E-state index in [1.165, 1.54) is 0 Å². The maximum absolute atomic E-state index is 8.66. The zero-order valence-corrected chi connectivity index (χ0v) is 12.1. The van der Waals surface area contributed by atoms with Crippen LogP contribution in [0.5, 0.6) is 5.75 Å². The lowest BCUT2D eigenvalue weighted by Crippen LogP contribution is -2.15. The summed E-state index contributed by atoms with van der Waals surface area (Å²) in [6.07, 6.45) is 1.59. The minimum Gasteiger partial charge on any atom is -0.497 e. The molecular weight excluding hydrogens is 292 g/mol. The number of amidine groups is 1. The summed E-state index contributed by atoms with van der Waals surface area (Å²) in [4.78, 5) is 4.02. The standard InChI is InChI=1S/C14H15ClN4O2/c1-21-10-2-3-11(15)12(7-10)18-8-9-4-5-17-13(6-9)14(16)19-20/h2-7,18,20H,8H2,1H3,(H2,16,19). The van der Waals surface area contributed by atoms with Crippen LogP contribution in [-0.4, -0.2) is 23.1 Å². The number of rotatable bonds is 5. The van der Waals surface area contributed by atoms with E-state index < -0.39 is 0 Å². The van der Waals surface area contributed by atoms with Gasteiger partial charge in [-0.15, -0.1) is 0 Å². The van der Waals surface area contributed by atoms with Crippen molar-refractivity contribution in [1.82, 2.24) is 4.98 Å². The van der Waals surface area contributed by atoms with E-state index in [4.69, 9.17) is 27.3 Å². The van der Waals surface area contributed by atoms with Gasteiger partial charge in [0.1, 0.15) is 11.4 Å². The number of aromatic nitrogens is 1. The molecule has 1 aromatic heterocycles. The van der Waals surface area contributed by atoms with Crippen molar-refractivity contribution in [3.8, 4) is 5.75 Å². The highest BCUT2D eigenvalue weighted by Crippen LogP contribution is 2.27. The Morgan fingerprint density at radius 3 is 2.95 bits per heavy atom. The number of nitrogens with two attached hydrogens (primary N) is 1. The lowest BCUT2D eigenvalue weighted by Gasteiger charge is -2.10. The van der Waals surface area contributed by atoms with Crippen LogP contribution in [0.1, 0.15) is 11.3 Å².